The highest BCUT2D eigenvalue weighted by molar-refractivity contribution is 7.99. The number of pyridine rings is 1. The van der Waals surface area contributed by atoms with E-state index in [9.17, 15) is 4.79 Å². The van der Waals surface area contributed by atoms with E-state index in [1.165, 1.54) is 0 Å². The summed E-state index contributed by atoms with van der Waals surface area (Å²) in [6, 6.07) is 5.74. The summed E-state index contributed by atoms with van der Waals surface area (Å²) in [6.45, 7) is 1.29. The van der Waals surface area contributed by atoms with Crippen molar-refractivity contribution >= 4 is 17.7 Å². The molecular formula is C19H22N4O3S. The summed E-state index contributed by atoms with van der Waals surface area (Å²) in [5, 5.41) is 0. The van der Waals surface area contributed by atoms with Gasteiger partial charge in [-0.2, -0.15) is 11.8 Å². The zero-order valence-corrected chi connectivity index (χ0v) is 15.8. The molecule has 0 radical (unpaired) electrons. The number of rotatable bonds is 5. The van der Waals surface area contributed by atoms with Crippen molar-refractivity contribution in [2.45, 2.75) is 31.5 Å². The minimum Gasteiger partial charge on any atom is -0.473 e. The lowest BCUT2D eigenvalue weighted by molar-refractivity contribution is 0.0578. The van der Waals surface area contributed by atoms with Crippen LogP contribution in [0.2, 0.25) is 0 Å². The van der Waals surface area contributed by atoms with Crippen LogP contribution < -0.4 is 9.47 Å². The quantitative estimate of drug-likeness (QED) is 0.781. The van der Waals surface area contributed by atoms with Crippen molar-refractivity contribution in [3.8, 4) is 11.9 Å². The van der Waals surface area contributed by atoms with E-state index in [1.807, 2.05) is 16.7 Å². The second-order valence-corrected chi connectivity index (χ2v) is 7.78. The molecule has 2 aromatic rings. The van der Waals surface area contributed by atoms with Crippen LogP contribution in [0.1, 0.15) is 29.6 Å². The van der Waals surface area contributed by atoms with Gasteiger partial charge in [-0.1, -0.05) is 0 Å². The van der Waals surface area contributed by atoms with Crippen molar-refractivity contribution in [3.63, 3.8) is 0 Å². The zero-order chi connectivity index (χ0) is 18.5. The molecule has 142 valence electrons. The number of thioether (sulfide) groups is 1. The van der Waals surface area contributed by atoms with Crippen LogP contribution in [-0.2, 0) is 0 Å². The highest BCUT2D eigenvalue weighted by Crippen LogP contribution is 2.22. The number of piperidine rings is 1. The maximum Gasteiger partial charge on any atom is 0.316 e. The van der Waals surface area contributed by atoms with Gasteiger partial charge in [-0.15, -0.1) is 0 Å². The minimum atomic E-state index is -0.000108. The molecule has 0 aliphatic carbocycles. The Morgan fingerprint density at radius 1 is 1.04 bits per heavy atom. The lowest BCUT2D eigenvalue weighted by Crippen LogP contribution is -2.42. The average molecular weight is 386 g/mol. The molecule has 1 atom stereocenters. The summed E-state index contributed by atoms with van der Waals surface area (Å²) >= 11 is 1.90. The predicted molar refractivity (Wildman–Crippen MR) is 102 cm³/mol. The molecule has 0 saturated carbocycles. The first-order valence-electron chi connectivity index (χ1n) is 9.21. The molecule has 1 unspecified atom stereocenters. The van der Waals surface area contributed by atoms with Crippen molar-refractivity contribution in [2.24, 2.45) is 0 Å². The Hall–Kier alpha value is -2.35. The van der Waals surface area contributed by atoms with Crippen LogP contribution in [0.3, 0.4) is 0 Å². The molecular weight excluding hydrogens is 364 g/mol. The lowest BCUT2D eigenvalue weighted by atomic mass is 10.1. The van der Waals surface area contributed by atoms with Crippen LogP contribution in [0, 0.1) is 0 Å². The highest BCUT2D eigenvalue weighted by atomic mass is 32.2. The van der Waals surface area contributed by atoms with E-state index in [-0.39, 0.29) is 18.1 Å². The highest BCUT2D eigenvalue weighted by Gasteiger charge is 2.25. The fourth-order valence-electron chi connectivity index (χ4n) is 3.21. The molecule has 2 saturated heterocycles. The van der Waals surface area contributed by atoms with Crippen LogP contribution in [-0.4, -0.2) is 62.6 Å². The summed E-state index contributed by atoms with van der Waals surface area (Å²) in [7, 11) is 0. The fourth-order valence-corrected chi connectivity index (χ4v) is 4.30. The van der Waals surface area contributed by atoms with Crippen molar-refractivity contribution in [2.75, 3.05) is 24.6 Å². The number of aromatic nitrogens is 3. The second-order valence-electron chi connectivity index (χ2n) is 6.63. The molecule has 27 heavy (non-hydrogen) atoms. The number of likely N-dealkylation sites (tertiary alicyclic amines) is 1. The third kappa shape index (κ3) is 4.68. The van der Waals surface area contributed by atoms with Gasteiger partial charge in [0.1, 0.15) is 12.2 Å². The van der Waals surface area contributed by atoms with Crippen molar-refractivity contribution < 1.29 is 14.3 Å². The average Bonchev–Trinajstić information content (AvgIpc) is 3.22. The van der Waals surface area contributed by atoms with Gasteiger partial charge < -0.3 is 14.4 Å². The molecule has 8 heteroatoms. The van der Waals surface area contributed by atoms with Gasteiger partial charge in [0, 0.05) is 56.3 Å². The summed E-state index contributed by atoms with van der Waals surface area (Å²) in [5.74, 6) is 2.74. The van der Waals surface area contributed by atoms with Gasteiger partial charge in [-0.05, 0) is 24.3 Å². The maximum absolute atomic E-state index is 12.7. The third-order valence-electron chi connectivity index (χ3n) is 4.70. The molecule has 1 amide bonds. The van der Waals surface area contributed by atoms with Gasteiger partial charge >= 0.3 is 6.01 Å². The van der Waals surface area contributed by atoms with Gasteiger partial charge in [0.2, 0.25) is 5.88 Å². The molecule has 0 bridgehead atoms. The van der Waals surface area contributed by atoms with E-state index >= 15 is 0 Å². The number of carbonyl (C=O) groups excluding carboxylic acids is 1. The summed E-state index contributed by atoms with van der Waals surface area (Å²) in [5.41, 5.74) is 0.592. The summed E-state index contributed by atoms with van der Waals surface area (Å²) in [4.78, 5) is 27.0. The van der Waals surface area contributed by atoms with Crippen LogP contribution in [0.15, 0.2) is 36.8 Å². The molecule has 4 rings (SSSR count). The van der Waals surface area contributed by atoms with Crippen molar-refractivity contribution in [1.29, 1.82) is 0 Å². The van der Waals surface area contributed by atoms with Crippen LogP contribution in [0.25, 0.3) is 0 Å². The number of ether oxygens (including phenoxy) is 2. The third-order valence-corrected chi connectivity index (χ3v) is 5.83. The Morgan fingerprint density at radius 2 is 1.85 bits per heavy atom. The SMILES string of the molecule is O=C(c1ccc(OC2CCSC2)nc1)N1CCC(Oc2ncccn2)CC1. The van der Waals surface area contributed by atoms with E-state index < -0.39 is 0 Å². The largest absolute Gasteiger partial charge is 0.473 e. The number of nitrogens with zero attached hydrogens (tertiary/aromatic N) is 4. The Morgan fingerprint density at radius 3 is 2.52 bits per heavy atom. The van der Waals surface area contributed by atoms with Crippen molar-refractivity contribution in [3.05, 3.63) is 42.4 Å². The lowest BCUT2D eigenvalue weighted by Gasteiger charge is -2.31. The molecule has 4 heterocycles. The molecule has 2 aromatic heterocycles. The Kier molecular flexibility index (Phi) is 5.72. The van der Waals surface area contributed by atoms with E-state index in [0.29, 0.717) is 30.5 Å². The fraction of sp³-hybridized carbons (Fsp3) is 0.474. The number of hydrogen-bond donors (Lipinski definition) is 0. The maximum atomic E-state index is 12.7. The molecule has 0 spiro atoms. The Bertz CT molecular complexity index is 745. The van der Waals surface area contributed by atoms with E-state index in [4.69, 9.17) is 9.47 Å². The van der Waals surface area contributed by atoms with Gasteiger partial charge in [-0.3, -0.25) is 4.79 Å². The number of carbonyl (C=O) groups is 1. The van der Waals surface area contributed by atoms with Gasteiger partial charge in [0.15, 0.2) is 0 Å². The van der Waals surface area contributed by atoms with Crippen LogP contribution >= 0.6 is 11.8 Å². The minimum absolute atomic E-state index is 0.000108. The standard InChI is InChI=1S/C19H22N4O3S/c24-18(14-2-3-17(22-12-14)25-16-6-11-27-13-16)23-9-4-15(5-10-23)26-19-20-7-1-8-21-19/h1-3,7-8,12,15-16H,4-6,9-11,13H2. The molecule has 2 aliphatic heterocycles. The molecule has 2 fully saturated rings. The van der Waals surface area contributed by atoms with E-state index in [0.717, 1.165) is 30.8 Å². The van der Waals surface area contributed by atoms with E-state index in [1.54, 1.807) is 36.8 Å². The van der Waals surface area contributed by atoms with Crippen molar-refractivity contribution in [1.82, 2.24) is 19.9 Å². The summed E-state index contributed by atoms with van der Waals surface area (Å²) in [6.07, 6.45) is 7.78. The number of hydrogen-bond acceptors (Lipinski definition) is 7. The van der Waals surface area contributed by atoms with Crippen LogP contribution in [0.4, 0.5) is 0 Å². The normalized spacial score (nSPS) is 20.4. The smallest absolute Gasteiger partial charge is 0.316 e. The van der Waals surface area contributed by atoms with Crippen LogP contribution in [0.5, 0.6) is 11.9 Å². The summed E-state index contributed by atoms with van der Waals surface area (Å²) < 4.78 is 11.6. The van der Waals surface area contributed by atoms with Gasteiger partial charge in [0.05, 0.1) is 5.56 Å². The van der Waals surface area contributed by atoms with Gasteiger partial charge in [-0.25, -0.2) is 15.0 Å². The van der Waals surface area contributed by atoms with Gasteiger partial charge in [0.25, 0.3) is 5.91 Å². The molecule has 2 aliphatic rings. The monoisotopic (exact) mass is 386 g/mol. The zero-order valence-electron chi connectivity index (χ0n) is 15.0. The molecule has 7 nitrogen and oxygen atoms in total. The molecule has 0 N–H and O–H groups in total. The topological polar surface area (TPSA) is 77.4 Å². The second kappa shape index (κ2) is 8.56. The van der Waals surface area contributed by atoms with E-state index in [2.05, 4.69) is 15.0 Å². The number of amides is 1. The molecule has 0 aromatic carbocycles. The first-order chi connectivity index (χ1) is 13.3. The predicted octanol–water partition coefficient (Wildman–Crippen LogP) is 2.44. The Labute approximate surface area is 162 Å². The first-order valence-corrected chi connectivity index (χ1v) is 10.4. The Balaban J connectivity index is 1.28. The first kappa shape index (κ1) is 18.0.